The van der Waals surface area contributed by atoms with E-state index in [-0.39, 0.29) is 18.0 Å². The van der Waals surface area contributed by atoms with E-state index in [9.17, 15) is 9.59 Å². The van der Waals surface area contributed by atoms with E-state index in [1.165, 1.54) is 0 Å². The molecular formula is C12H10O2. The summed E-state index contributed by atoms with van der Waals surface area (Å²) in [6.45, 7) is 1.82. The van der Waals surface area contributed by atoms with Crippen molar-refractivity contribution in [1.82, 2.24) is 0 Å². The van der Waals surface area contributed by atoms with Crippen LogP contribution < -0.4 is 0 Å². The Balaban J connectivity index is 2.45. The number of rotatable bonds is 1. The Labute approximate surface area is 82.2 Å². The summed E-state index contributed by atoms with van der Waals surface area (Å²) in [5, 5.41) is 0. The Kier molecular flexibility index (Phi) is 2.04. The third-order valence-electron chi connectivity index (χ3n) is 2.46. The maximum absolute atomic E-state index is 11.2. The molecule has 0 radical (unpaired) electrons. The van der Waals surface area contributed by atoms with Gasteiger partial charge in [0.1, 0.15) is 0 Å². The molecule has 0 saturated heterocycles. The van der Waals surface area contributed by atoms with Crippen LogP contribution in [-0.2, 0) is 9.59 Å². The van der Waals surface area contributed by atoms with Gasteiger partial charge in [-0.05, 0) is 18.1 Å². The molecule has 2 rings (SSSR count). The summed E-state index contributed by atoms with van der Waals surface area (Å²) < 4.78 is 0. The van der Waals surface area contributed by atoms with Crippen molar-refractivity contribution in [2.75, 3.05) is 0 Å². The minimum absolute atomic E-state index is 0.0312. The quantitative estimate of drug-likeness (QED) is 0.382. The Bertz CT molecular complexity index is 411. The van der Waals surface area contributed by atoms with Crippen LogP contribution in [0, 0.1) is 0 Å². The van der Waals surface area contributed by atoms with Crippen LogP contribution in [0.2, 0.25) is 0 Å². The standard InChI is InChI=1S/C12H10O2/c1-8(9-5-3-2-4-6-9)12-10(13)7-11(12)14/h2-6H,7H2,1H3. The number of hydrogen-bond donors (Lipinski definition) is 0. The lowest BCUT2D eigenvalue weighted by Crippen LogP contribution is -2.28. The lowest BCUT2D eigenvalue weighted by molar-refractivity contribution is -0.130. The first kappa shape index (κ1) is 8.88. The van der Waals surface area contributed by atoms with E-state index in [0.29, 0.717) is 5.57 Å². The SMILES string of the molecule is CC(=C1C(=O)CC1=O)c1ccccc1. The lowest BCUT2D eigenvalue weighted by Gasteiger charge is -2.17. The van der Waals surface area contributed by atoms with Gasteiger partial charge in [0.05, 0.1) is 12.0 Å². The van der Waals surface area contributed by atoms with Crippen LogP contribution >= 0.6 is 0 Å². The van der Waals surface area contributed by atoms with Gasteiger partial charge in [-0.3, -0.25) is 9.59 Å². The van der Waals surface area contributed by atoms with Crippen LogP contribution in [-0.4, -0.2) is 11.6 Å². The highest BCUT2D eigenvalue weighted by molar-refractivity contribution is 6.39. The number of benzene rings is 1. The molecule has 2 nitrogen and oxygen atoms in total. The average Bonchev–Trinajstić information content (AvgIpc) is 2.18. The molecule has 0 amide bonds. The zero-order valence-electron chi connectivity index (χ0n) is 7.91. The monoisotopic (exact) mass is 186 g/mol. The summed E-state index contributed by atoms with van der Waals surface area (Å²) >= 11 is 0. The van der Waals surface area contributed by atoms with Crippen LogP contribution in [0.1, 0.15) is 18.9 Å². The Morgan fingerprint density at radius 1 is 1.07 bits per heavy atom. The lowest BCUT2D eigenvalue weighted by atomic mass is 9.83. The second-order valence-corrected chi connectivity index (χ2v) is 3.39. The van der Waals surface area contributed by atoms with E-state index in [0.717, 1.165) is 11.1 Å². The fraction of sp³-hybridized carbons (Fsp3) is 0.167. The fourth-order valence-electron chi connectivity index (χ4n) is 1.62. The zero-order chi connectivity index (χ0) is 10.1. The molecule has 0 bridgehead atoms. The number of Topliss-reactive ketones (excluding diaryl/α,β-unsaturated/α-hetero) is 2. The van der Waals surface area contributed by atoms with Gasteiger partial charge in [-0.2, -0.15) is 0 Å². The van der Waals surface area contributed by atoms with Gasteiger partial charge in [0, 0.05) is 0 Å². The first-order valence-electron chi connectivity index (χ1n) is 4.53. The van der Waals surface area contributed by atoms with Crippen molar-refractivity contribution in [3.05, 3.63) is 41.5 Å². The molecule has 1 aromatic carbocycles. The van der Waals surface area contributed by atoms with Crippen molar-refractivity contribution in [1.29, 1.82) is 0 Å². The van der Waals surface area contributed by atoms with Crippen molar-refractivity contribution in [3.63, 3.8) is 0 Å². The van der Waals surface area contributed by atoms with Crippen LogP contribution in [0.3, 0.4) is 0 Å². The molecule has 0 atom stereocenters. The topological polar surface area (TPSA) is 34.1 Å². The highest BCUT2D eigenvalue weighted by atomic mass is 16.2. The van der Waals surface area contributed by atoms with Crippen molar-refractivity contribution >= 4 is 17.1 Å². The molecule has 1 aliphatic carbocycles. The van der Waals surface area contributed by atoms with Gasteiger partial charge < -0.3 is 0 Å². The normalized spacial score (nSPS) is 15.4. The molecule has 0 unspecified atom stereocenters. The van der Waals surface area contributed by atoms with Gasteiger partial charge in [0.2, 0.25) is 0 Å². The molecule has 0 heterocycles. The molecular weight excluding hydrogens is 176 g/mol. The maximum Gasteiger partial charge on any atom is 0.174 e. The van der Waals surface area contributed by atoms with Gasteiger partial charge in [-0.1, -0.05) is 30.3 Å². The first-order valence-corrected chi connectivity index (χ1v) is 4.53. The smallest absolute Gasteiger partial charge is 0.174 e. The predicted octanol–water partition coefficient (Wildman–Crippen LogP) is 2.00. The van der Waals surface area contributed by atoms with Crippen molar-refractivity contribution < 1.29 is 9.59 Å². The van der Waals surface area contributed by atoms with E-state index in [1.807, 2.05) is 37.3 Å². The minimum atomic E-state index is -0.0312. The molecule has 2 heteroatoms. The molecule has 0 N–H and O–H groups in total. The summed E-state index contributed by atoms with van der Waals surface area (Å²) in [4.78, 5) is 22.4. The molecule has 70 valence electrons. The Morgan fingerprint density at radius 2 is 1.64 bits per heavy atom. The maximum atomic E-state index is 11.2. The fourth-order valence-corrected chi connectivity index (χ4v) is 1.62. The predicted molar refractivity (Wildman–Crippen MR) is 53.7 cm³/mol. The number of ketones is 2. The van der Waals surface area contributed by atoms with Crippen LogP contribution in [0.25, 0.3) is 5.57 Å². The number of carbonyl (C=O) groups is 2. The van der Waals surface area contributed by atoms with E-state index < -0.39 is 0 Å². The molecule has 1 fully saturated rings. The van der Waals surface area contributed by atoms with Gasteiger partial charge in [0.15, 0.2) is 11.6 Å². The third-order valence-corrected chi connectivity index (χ3v) is 2.46. The molecule has 1 saturated carbocycles. The molecule has 14 heavy (non-hydrogen) atoms. The van der Waals surface area contributed by atoms with Crippen LogP contribution in [0.4, 0.5) is 0 Å². The average molecular weight is 186 g/mol. The Hall–Kier alpha value is -1.70. The summed E-state index contributed by atoms with van der Waals surface area (Å²) in [6, 6.07) is 9.51. The van der Waals surface area contributed by atoms with Crippen molar-refractivity contribution in [2.24, 2.45) is 0 Å². The Morgan fingerprint density at radius 3 is 2.14 bits per heavy atom. The summed E-state index contributed by atoms with van der Waals surface area (Å²) in [6.07, 6.45) is 0.0828. The zero-order valence-corrected chi connectivity index (χ0v) is 7.91. The largest absolute Gasteiger partial charge is 0.294 e. The summed E-state index contributed by atoms with van der Waals surface area (Å²) in [5.74, 6) is -0.0623. The second-order valence-electron chi connectivity index (χ2n) is 3.39. The highest BCUT2D eigenvalue weighted by Gasteiger charge is 2.32. The minimum Gasteiger partial charge on any atom is -0.294 e. The summed E-state index contributed by atoms with van der Waals surface area (Å²) in [5.41, 5.74) is 2.13. The van der Waals surface area contributed by atoms with Crippen LogP contribution in [0.15, 0.2) is 35.9 Å². The van der Waals surface area contributed by atoms with Gasteiger partial charge in [0.25, 0.3) is 0 Å². The van der Waals surface area contributed by atoms with Crippen LogP contribution in [0.5, 0.6) is 0 Å². The molecule has 1 aliphatic rings. The summed E-state index contributed by atoms with van der Waals surface area (Å²) in [7, 11) is 0. The molecule has 0 aliphatic heterocycles. The number of allylic oxidation sites excluding steroid dienone is 2. The van der Waals surface area contributed by atoms with Crippen molar-refractivity contribution in [2.45, 2.75) is 13.3 Å². The first-order chi connectivity index (χ1) is 6.70. The van der Waals surface area contributed by atoms with E-state index in [4.69, 9.17) is 0 Å². The molecule has 0 spiro atoms. The van der Waals surface area contributed by atoms with E-state index in [1.54, 1.807) is 0 Å². The van der Waals surface area contributed by atoms with E-state index >= 15 is 0 Å². The van der Waals surface area contributed by atoms with Crippen molar-refractivity contribution in [3.8, 4) is 0 Å². The van der Waals surface area contributed by atoms with Gasteiger partial charge in [-0.15, -0.1) is 0 Å². The highest BCUT2D eigenvalue weighted by Crippen LogP contribution is 2.27. The van der Waals surface area contributed by atoms with Gasteiger partial charge in [-0.25, -0.2) is 0 Å². The molecule has 1 aromatic rings. The third kappa shape index (κ3) is 1.29. The molecule has 0 aromatic heterocycles. The number of carbonyl (C=O) groups excluding carboxylic acids is 2. The van der Waals surface area contributed by atoms with Gasteiger partial charge >= 0.3 is 0 Å². The second kappa shape index (κ2) is 3.22. The van der Waals surface area contributed by atoms with E-state index in [2.05, 4.69) is 0 Å². The number of hydrogen-bond acceptors (Lipinski definition) is 2.